The third-order valence-corrected chi connectivity index (χ3v) is 3.87. The van der Waals surface area contributed by atoms with E-state index in [0.29, 0.717) is 19.3 Å². The highest BCUT2D eigenvalue weighted by molar-refractivity contribution is 9.10. The van der Waals surface area contributed by atoms with E-state index in [1.165, 1.54) is 12.8 Å². The molecule has 1 aliphatic carbocycles. The first kappa shape index (κ1) is 16.7. The van der Waals surface area contributed by atoms with E-state index in [0.717, 1.165) is 27.9 Å². The fourth-order valence-corrected chi connectivity index (χ4v) is 2.78. The Kier molecular flexibility index (Phi) is 6.48. The maximum atomic E-state index is 9.83. The molecule has 0 heterocycles. The molecule has 2 rings (SSSR count). The van der Waals surface area contributed by atoms with Gasteiger partial charge in [-0.25, -0.2) is 0 Å². The molecule has 0 radical (unpaired) electrons. The van der Waals surface area contributed by atoms with E-state index in [-0.39, 0.29) is 6.61 Å². The molecule has 1 aliphatic rings. The van der Waals surface area contributed by atoms with Gasteiger partial charge in [-0.2, -0.15) is 0 Å². The van der Waals surface area contributed by atoms with E-state index >= 15 is 0 Å². The molecule has 0 aliphatic heterocycles. The summed E-state index contributed by atoms with van der Waals surface area (Å²) in [5, 5.41) is 13.3. The number of aliphatic hydroxyl groups is 1. The van der Waals surface area contributed by atoms with Crippen LogP contribution in [0.25, 0.3) is 0 Å². The number of benzene rings is 1. The van der Waals surface area contributed by atoms with Crippen LogP contribution in [0.1, 0.15) is 30.9 Å². The molecule has 4 nitrogen and oxygen atoms in total. The van der Waals surface area contributed by atoms with Gasteiger partial charge in [-0.15, -0.1) is 0 Å². The molecule has 0 bridgehead atoms. The van der Waals surface area contributed by atoms with Gasteiger partial charge < -0.3 is 19.9 Å². The van der Waals surface area contributed by atoms with E-state index < -0.39 is 6.10 Å². The van der Waals surface area contributed by atoms with Gasteiger partial charge in [0.25, 0.3) is 0 Å². The minimum absolute atomic E-state index is 0.249. The summed E-state index contributed by atoms with van der Waals surface area (Å²) >= 11 is 3.53. The fourth-order valence-electron chi connectivity index (χ4n) is 2.16. The summed E-state index contributed by atoms with van der Waals surface area (Å²) in [7, 11) is 0. The Hall–Kier alpha value is -0.620. The molecule has 0 spiro atoms. The molecular weight excluding hydrogens is 334 g/mol. The maximum Gasteiger partial charge on any atom is 0.126 e. The van der Waals surface area contributed by atoms with E-state index in [1.807, 2.05) is 19.9 Å². The van der Waals surface area contributed by atoms with Crippen LogP contribution in [0.3, 0.4) is 0 Å². The highest BCUT2D eigenvalue weighted by Gasteiger charge is 2.21. The number of aryl methyl sites for hydroxylation is 1. The zero-order valence-corrected chi connectivity index (χ0v) is 14.3. The Morgan fingerprint density at radius 1 is 1.38 bits per heavy atom. The molecule has 21 heavy (non-hydrogen) atoms. The molecule has 1 aromatic carbocycles. The average molecular weight is 358 g/mol. The van der Waals surface area contributed by atoms with Crippen LogP contribution >= 0.6 is 15.9 Å². The molecule has 1 atom stereocenters. The predicted molar refractivity (Wildman–Crippen MR) is 86.7 cm³/mol. The van der Waals surface area contributed by atoms with Crippen molar-refractivity contribution in [2.75, 3.05) is 19.8 Å². The normalized spacial score (nSPS) is 16.0. The van der Waals surface area contributed by atoms with Crippen molar-refractivity contribution in [3.63, 3.8) is 0 Å². The molecule has 1 aromatic rings. The van der Waals surface area contributed by atoms with Crippen molar-refractivity contribution in [1.82, 2.24) is 5.32 Å². The lowest BCUT2D eigenvalue weighted by Gasteiger charge is -2.18. The van der Waals surface area contributed by atoms with Crippen LogP contribution in [0.4, 0.5) is 0 Å². The van der Waals surface area contributed by atoms with Crippen molar-refractivity contribution in [3.05, 3.63) is 27.7 Å². The summed E-state index contributed by atoms with van der Waals surface area (Å²) in [5.74, 6) is 0.863. The lowest BCUT2D eigenvalue weighted by Crippen LogP contribution is -2.24. The zero-order valence-electron chi connectivity index (χ0n) is 12.7. The van der Waals surface area contributed by atoms with Gasteiger partial charge >= 0.3 is 0 Å². The topological polar surface area (TPSA) is 50.7 Å². The minimum Gasteiger partial charge on any atom is -0.490 e. The summed E-state index contributed by atoms with van der Waals surface area (Å²) in [6, 6.07) is 4.76. The monoisotopic (exact) mass is 357 g/mol. The minimum atomic E-state index is -0.600. The second kappa shape index (κ2) is 8.13. The molecule has 118 valence electrons. The Balaban J connectivity index is 1.97. The van der Waals surface area contributed by atoms with Gasteiger partial charge in [-0.05, 0) is 44.4 Å². The van der Waals surface area contributed by atoms with Crippen molar-refractivity contribution < 1.29 is 14.6 Å². The lowest BCUT2D eigenvalue weighted by molar-refractivity contribution is 0.0161. The number of ether oxygens (including phenoxy) is 2. The van der Waals surface area contributed by atoms with Crippen molar-refractivity contribution in [2.24, 2.45) is 0 Å². The van der Waals surface area contributed by atoms with Crippen LogP contribution in [0.15, 0.2) is 16.6 Å². The standard InChI is InChI=1S/C16H24BrNO3/c1-3-20-9-15(19)10-21-16-11(2)6-13(17)7-12(16)8-18-14-4-5-14/h6-7,14-15,18-19H,3-5,8-10H2,1-2H3. The number of nitrogens with one attached hydrogen (secondary N) is 1. The van der Waals surface area contributed by atoms with Gasteiger partial charge in [0.05, 0.1) is 6.61 Å². The first-order chi connectivity index (χ1) is 10.1. The highest BCUT2D eigenvalue weighted by Crippen LogP contribution is 2.29. The van der Waals surface area contributed by atoms with E-state index in [2.05, 4.69) is 27.3 Å². The van der Waals surface area contributed by atoms with Crippen LogP contribution in [-0.2, 0) is 11.3 Å². The summed E-state index contributed by atoms with van der Waals surface area (Å²) < 4.78 is 12.1. The second-order valence-corrected chi connectivity index (χ2v) is 6.41. The van der Waals surface area contributed by atoms with E-state index in [9.17, 15) is 5.11 Å². The quantitative estimate of drug-likeness (QED) is 0.713. The summed E-state index contributed by atoms with van der Waals surface area (Å²) in [6.07, 6.45) is 1.92. The van der Waals surface area contributed by atoms with E-state index in [4.69, 9.17) is 9.47 Å². The van der Waals surface area contributed by atoms with Gasteiger partial charge in [-0.3, -0.25) is 0 Å². The summed E-state index contributed by atoms with van der Waals surface area (Å²) in [4.78, 5) is 0. The Morgan fingerprint density at radius 3 is 2.81 bits per heavy atom. The van der Waals surface area contributed by atoms with Gasteiger partial charge in [0.15, 0.2) is 0 Å². The number of hydrogen-bond acceptors (Lipinski definition) is 4. The Labute approximate surface area is 135 Å². The molecule has 0 amide bonds. The Morgan fingerprint density at radius 2 is 2.14 bits per heavy atom. The first-order valence-corrected chi connectivity index (χ1v) is 8.30. The SMILES string of the molecule is CCOCC(O)COc1c(C)cc(Br)cc1CNC1CC1. The number of hydrogen-bond donors (Lipinski definition) is 2. The smallest absolute Gasteiger partial charge is 0.126 e. The van der Waals surface area contributed by atoms with E-state index in [1.54, 1.807) is 0 Å². The molecule has 2 N–H and O–H groups in total. The van der Waals surface area contributed by atoms with Gasteiger partial charge in [0.1, 0.15) is 18.5 Å². The third kappa shape index (κ3) is 5.58. The average Bonchev–Trinajstić information content (AvgIpc) is 3.25. The van der Waals surface area contributed by atoms with Crippen LogP contribution in [0.2, 0.25) is 0 Å². The molecule has 1 fully saturated rings. The maximum absolute atomic E-state index is 9.83. The van der Waals surface area contributed by atoms with Crippen LogP contribution < -0.4 is 10.1 Å². The van der Waals surface area contributed by atoms with Crippen LogP contribution in [-0.4, -0.2) is 37.1 Å². The molecule has 1 unspecified atom stereocenters. The van der Waals surface area contributed by atoms with Gasteiger partial charge in [0.2, 0.25) is 0 Å². The highest BCUT2D eigenvalue weighted by atomic mass is 79.9. The summed E-state index contributed by atoms with van der Waals surface area (Å²) in [6.45, 7) is 5.89. The fraction of sp³-hybridized carbons (Fsp3) is 0.625. The molecule has 5 heteroatoms. The molecule has 1 saturated carbocycles. The summed E-state index contributed by atoms with van der Waals surface area (Å²) in [5.41, 5.74) is 2.19. The molecule has 0 saturated heterocycles. The third-order valence-electron chi connectivity index (χ3n) is 3.41. The lowest BCUT2D eigenvalue weighted by atomic mass is 10.1. The predicted octanol–water partition coefficient (Wildman–Crippen LogP) is 2.79. The second-order valence-electron chi connectivity index (χ2n) is 5.49. The number of rotatable bonds is 9. The van der Waals surface area contributed by atoms with Crippen LogP contribution in [0.5, 0.6) is 5.75 Å². The van der Waals surface area contributed by atoms with Crippen molar-refractivity contribution in [2.45, 2.75) is 45.4 Å². The largest absolute Gasteiger partial charge is 0.490 e. The van der Waals surface area contributed by atoms with Gasteiger partial charge in [-0.1, -0.05) is 15.9 Å². The van der Waals surface area contributed by atoms with Crippen molar-refractivity contribution >= 4 is 15.9 Å². The number of halogens is 1. The zero-order chi connectivity index (χ0) is 15.2. The number of aliphatic hydroxyl groups excluding tert-OH is 1. The van der Waals surface area contributed by atoms with Crippen molar-refractivity contribution in [3.8, 4) is 5.75 Å². The van der Waals surface area contributed by atoms with Crippen molar-refractivity contribution in [1.29, 1.82) is 0 Å². The Bertz CT molecular complexity index is 463. The van der Waals surface area contributed by atoms with Gasteiger partial charge in [0, 0.05) is 29.2 Å². The molecule has 0 aromatic heterocycles. The molecular formula is C16H24BrNO3. The van der Waals surface area contributed by atoms with Crippen LogP contribution in [0, 0.1) is 6.92 Å². The first-order valence-electron chi connectivity index (χ1n) is 7.51.